The molecular weight excluding hydrogens is 252 g/mol. The van der Waals surface area contributed by atoms with E-state index in [1.54, 1.807) is 48.5 Å². The van der Waals surface area contributed by atoms with E-state index >= 15 is 0 Å². The van der Waals surface area contributed by atoms with E-state index < -0.39 is 11.6 Å². The number of allylic oxidation sites excluding steroid dienone is 2. The summed E-state index contributed by atoms with van der Waals surface area (Å²) in [6.45, 7) is 0. The highest BCUT2D eigenvalue weighted by Gasteiger charge is 2.34. The molecule has 2 aliphatic heterocycles. The van der Waals surface area contributed by atoms with Gasteiger partial charge in [0.25, 0.3) is 0 Å². The zero-order chi connectivity index (χ0) is 15.4. The van der Waals surface area contributed by atoms with E-state index in [-0.39, 0.29) is 11.4 Å². The van der Waals surface area contributed by atoms with Crippen LogP contribution in [0.25, 0.3) is 0 Å². The van der Waals surface area contributed by atoms with E-state index in [2.05, 4.69) is 0 Å². The van der Waals surface area contributed by atoms with Crippen LogP contribution in [0.4, 0.5) is 11.4 Å². The molecule has 2 N–H and O–H groups in total. The molecule has 2 aliphatic rings. The monoisotopic (exact) mass is 264 g/mol. The Morgan fingerprint density at radius 2 is 1.10 bits per heavy atom. The summed E-state index contributed by atoms with van der Waals surface area (Å²) < 4.78 is 16.3. The Hall–Kier alpha value is -2.88. The molecule has 2 heterocycles. The van der Waals surface area contributed by atoms with Crippen molar-refractivity contribution in [3.63, 3.8) is 0 Å². The second-order valence-corrected chi connectivity index (χ2v) is 4.61. The molecule has 20 heavy (non-hydrogen) atoms. The number of hydrogen-bond donors (Lipinski definition) is 2. The fourth-order valence-electron chi connectivity index (χ4n) is 2.44. The van der Waals surface area contributed by atoms with Crippen LogP contribution in [0, 0.1) is 0 Å². The Bertz CT molecular complexity index is 804. The average Bonchev–Trinajstić information content (AvgIpc) is 2.94. The maximum absolute atomic E-state index is 12.6. The molecule has 0 fully saturated rings. The first-order valence-corrected chi connectivity index (χ1v) is 6.21. The van der Waals surface area contributed by atoms with Crippen molar-refractivity contribution in [3.05, 3.63) is 71.1 Å². The molecule has 0 bridgehead atoms. The fourth-order valence-corrected chi connectivity index (χ4v) is 2.44. The largest absolute Gasteiger partial charge is 0.350 e. The van der Waals surface area contributed by atoms with Crippen LogP contribution < -0.4 is 10.6 Å². The van der Waals surface area contributed by atoms with E-state index in [1.165, 1.54) is 0 Å². The van der Waals surface area contributed by atoms with E-state index in [1.807, 2.05) is 0 Å². The van der Waals surface area contributed by atoms with Gasteiger partial charge in [-0.2, -0.15) is 0 Å². The molecule has 0 radical (unpaired) electrons. The zero-order valence-electron chi connectivity index (χ0n) is 12.3. The van der Waals surface area contributed by atoms with Crippen molar-refractivity contribution in [1.29, 1.82) is 0 Å². The molecule has 0 atom stereocenters. The van der Waals surface area contributed by atoms with Gasteiger partial charge in [0.15, 0.2) is 2.82 Å². The first-order valence-electron chi connectivity index (χ1n) is 7.10. The molecule has 2 aromatic carbocycles. The molecular formula is C16H10N2O2. The maximum atomic E-state index is 12.6. The topological polar surface area (TPSA) is 58.2 Å². The van der Waals surface area contributed by atoms with E-state index in [0.29, 0.717) is 22.5 Å². The van der Waals surface area contributed by atoms with Gasteiger partial charge in [-0.1, -0.05) is 24.3 Å². The number of fused-ring (bicyclic) bond motifs is 2. The second-order valence-electron chi connectivity index (χ2n) is 4.61. The summed E-state index contributed by atoms with van der Waals surface area (Å²) in [5.74, 6) is -0.807. The van der Waals surface area contributed by atoms with Gasteiger partial charge in [0.05, 0.1) is 0 Å². The van der Waals surface area contributed by atoms with E-state index in [0.717, 1.165) is 10.6 Å². The highest BCUT2D eigenvalue weighted by Crippen LogP contribution is 2.34. The number of benzene rings is 2. The predicted octanol–water partition coefficient (Wildman–Crippen LogP) is 2.81. The SMILES string of the molecule is [2H]N1/C(=C2/C(=O)c3ccccc3N2[2H])C(=O)c2ccccc21. The molecule has 0 amide bonds. The summed E-state index contributed by atoms with van der Waals surface area (Å²) in [4.78, 5) is 25.1. The molecule has 2 aromatic rings. The Labute approximate surface area is 118 Å². The number of ketones is 2. The highest BCUT2D eigenvalue weighted by atomic mass is 16.1. The Morgan fingerprint density at radius 3 is 1.50 bits per heavy atom. The normalized spacial score (nSPS) is 21.8. The molecule has 4 rings (SSSR count). The van der Waals surface area contributed by atoms with Crippen molar-refractivity contribution in [3.8, 4) is 0 Å². The van der Waals surface area contributed by atoms with Crippen molar-refractivity contribution in [2.75, 3.05) is 10.6 Å². The lowest BCUT2D eigenvalue weighted by Gasteiger charge is -2.03. The van der Waals surface area contributed by atoms with Crippen molar-refractivity contribution in [1.82, 2.24) is 0 Å². The molecule has 96 valence electrons. The standard InChI is InChI=1S/C16H10N2O2/c19-15-9-5-1-3-7-11(9)17-13(15)14-16(20)10-6-2-4-8-12(10)18-14/h1-8,17-18H/b14-13-/i/hD2. The van der Waals surface area contributed by atoms with E-state index in [9.17, 15) is 9.59 Å². The quantitative estimate of drug-likeness (QED) is 0.718. The van der Waals surface area contributed by atoms with Gasteiger partial charge < -0.3 is 10.6 Å². The van der Waals surface area contributed by atoms with Crippen LogP contribution in [0.1, 0.15) is 20.7 Å². The number of rotatable bonds is 0. The summed E-state index contributed by atoms with van der Waals surface area (Å²) in [5.41, 5.74) is 1.45. The van der Waals surface area contributed by atoms with Crippen molar-refractivity contribution < 1.29 is 12.4 Å². The number of Topliss-reactive ketones (excluding diaryl/α,β-unsaturated/α-hetero) is 2. The van der Waals surface area contributed by atoms with Crippen LogP contribution in [0.3, 0.4) is 0 Å². The minimum atomic E-state index is -0.404. The minimum absolute atomic E-state index is 0.0719. The van der Waals surface area contributed by atoms with Gasteiger partial charge >= 0.3 is 0 Å². The summed E-state index contributed by atoms with van der Waals surface area (Å²) in [6, 6.07) is 13.4. The molecule has 0 aromatic heterocycles. The molecule has 0 spiro atoms. The molecule has 0 saturated carbocycles. The van der Waals surface area contributed by atoms with Gasteiger partial charge in [-0.15, -0.1) is 0 Å². The van der Waals surface area contributed by atoms with Crippen LogP contribution in [0.15, 0.2) is 59.9 Å². The fraction of sp³-hybridized carbons (Fsp3) is 0. The molecule has 0 saturated heterocycles. The summed E-state index contributed by atoms with van der Waals surface area (Å²) in [7, 11) is 0. The predicted molar refractivity (Wildman–Crippen MR) is 75.8 cm³/mol. The average molecular weight is 264 g/mol. The Kier molecular flexibility index (Phi) is 1.73. The van der Waals surface area contributed by atoms with Gasteiger partial charge in [0, 0.05) is 22.5 Å². The number of nitrogens with one attached hydrogen (secondary N) is 2. The molecule has 4 nitrogen and oxygen atoms in total. The molecule has 0 unspecified atom stereocenters. The lowest BCUT2D eigenvalue weighted by Crippen LogP contribution is -2.13. The van der Waals surface area contributed by atoms with Gasteiger partial charge in [0.2, 0.25) is 11.6 Å². The first kappa shape index (κ1) is 9.09. The summed E-state index contributed by atoms with van der Waals surface area (Å²) in [6.07, 6.45) is 0. The van der Waals surface area contributed by atoms with Gasteiger partial charge in [-0.25, -0.2) is 0 Å². The third-order valence-corrected chi connectivity index (χ3v) is 3.42. The summed E-state index contributed by atoms with van der Waals surface area (Å²) in [5, 5.41) is 1.89. The minimum Gasteiger partial charge on any atom is -0.350 e. The van der Waals surface area contributed by atoms with Crippen LogP contribution >= 0.6 is 0 Å². The number of para-hydroxylation sites is 2. The van der Waals surface area contributed by atoms with Crippen molar-refractivity contribution in [2.45, 2.75) is 0 Å². The smallest absolute Gasteiger partial charge is 0.213 e. The number of carbonyl (C=O) groups excluding carboxylic acids is 2. The molecule has 0 aliphatic carbocycles. The van der Waals surface area contributed by atoms with Gasteiger partial charge in [0.1, 0.15) is 11.4 Å². The second kappa shape index (κ2) is 3.81. The zero-order valence-corrected chi connectivity index (χ0v) is 10.3. The van der Waals surface area contributed by atoms with E-state index in [4.69, 9.17) is 2.82 Å². The van der Waals surface area contributed by atoms with Crippen LogP contribution in [0.2, 0.25) is 2.82 Å². The lowest BCUT2D eigenvalue weighted by atomic mass is 10.1. The van der Waals surface area contributed by atoms with Crippen molar-refractivity contribution in [2.24, 2.45) is 0 Å². The number of anilines is 2. The maximum Gasteiger partial charge on any atom is 0.213 e. The van der Waals surface area contributed by atoms with Crippen LogP contribution in [-0.4, -0.2) is 11.6 Å². The highest BCUT2D eigenvalue weighted by molar-refractivity contribution is 6.27. The third kappa shape index (κ3) is 1.36. The Morgan fingerprint density at radius 1 is 0.700 bits per heavy atom. The van der Waals surface area contributed by atoms with Gasteiger partial charge in [-0.05, 0) is 24.3 Å². The third-order valence-electron chi connectivity index (χ3n) is 3.42. The summed E-state index contributed by atoms with van der Waals surface area (Å²) >= 11 is 0. The Balaban J connectivity index is 1.95. The molecule has 4 heteroatoms. The first-order chi connectivity index (χ1) is 10.6. The lowest BCUT2D eigenvalue weighted by molar-refractivity contribution is 0.101. The number of carbonyl (C=O) groups is 2. The van der Waals surface area contributed by atoms with Gasteiger partial charge in [-0.3, -0.25) is 9.59 Å². The van der Waals surface area contributed by atoms with Crippen LogP contribution in [-0.2, 0) is 0 Å². The van der Waals surface area contributed by atoms with Crippen LogP contribution in [0.5, 0.6) is 0 Å². The van der Waals surface area contributed by atoms with Crippen molar-refractivity contribution >= 4 is 22.9 Å². The number of hydrogen-bond acceptors (Lipinski definition) is 4.